The molecule has 138 valence electrons. The van der Waals surface area contributed by atoms with Crippen LogP contribution in [-0.2, 0) is 21.8 Å². The Morgan fingerprint density at radius 3 is 2.88 bits per heavy atom. The van der Waals surface area contributed by atoms with Gasteiger partial charge >= 0.3 is 0 Å². The summed E-state index contributed by atoms with van der Waals surface area (Å²) in [4.78, 5) is 22.7. The Balaban J connectivity index is 1.77. The number of thioether (sulfide) groups is 1. The third kappa shape index (κ3) is 4.08. The lowest BCUT2D eigenvalue weighted by atomic mass is 10.3. The predicted octanol–water partition coefficient (Wildman–Crippen LogP) is 3.80. The molecule has 0 atom stereocenters. The van der Waals surface area contributed by atoms with Crippen LogP contribution in [0.4, 0.5) is 5.13 Å². The summed E-state index contributed by atoms with van der Waals surface area (Å²) in [5, 5.41) is 3.72. The van der Waals surface area contributed by atoms with Gasteiger partial charge in [0, 0.05) is 38.3 Å². The number of amides is 1. The molecule has 1 amide bonds. The van der Waals surface area contributed by atoms with E-state index in [4.69, 9.17) is 9.72 Å². The van der Waals surface area contributed by atoms with Gasteiger partial charge in [0.25, 0.3) is 0 Å². The number of benzene rings is 1. The van der Waals surface area contributed by atoms with Crippen LogP contribution in [-0.4, -0.2) is 40.7 Å². The predicted molar refractivity (Wildman–Crippen MR) is 107 cm³/mol. The lowest BCUT2D eigenvalue weighted by molar-refractivity contribution is -0.116. The molecule has 0 saturated heterocycles. The summed E-state index contributed by atoms with van der Waals surface area (Å²) < 4.78 is 7.43. The first kappa shape index (κ1) is 18.9. The van der Waals surface area contributed by atoms with E-state index in [0.717, 1.165) is 33.6 Å². The SMILES string of the molecule is CCN(C(C)=O)c1nc(CSc2nc3ccccc3n2CCOC)cs1. The van der Waals surface area contributed by atoms with Gasteiger partial charge in [-0.1, -0.05) is 23.9 Å². The van der Waals surface area contributed by atoms with Crippen molar-refractivity contribution in [2.75, 3.05) is 25.2 Å². The smallest absolute Gasteiger partial charge is 0.225 e. The number of hydrogen-bond donors (Lipinski definition) is 0. The van der Waals surface area contributed by atoms with Crippen LogP contribution in [0.1, 0.15) is 19.5 Å². The molecule has 2 heterocycles. The second-order valence-corrected chi connectivity index (χ2v) is 7.48. The van der Waals surface area contributed by atoms with Crippen LogP contribution >= 0.6 is 23.1 Å². The number of carbonyl (C=O) groups is 1. The number of fused-ring (bicyclic) bond motifs is 1. The highest BCUT2D eigenvalue weighted by atomic mass is 32.2. The second-order valence-electron chi connectivity index (χ2n) is 5.70. The maximum Gasteiger partial charge on any atom is 0.225 e. The van der Waals surface area contributed by atoms with Crippen LogP contribution in [0.2, 0.25) is 0 Å². The first-order chi connectivity index (χ1) is 12.6. The summed E-state index contributed by atoms with van der Waals surface area (Å²) in [6.07, 6.45) is 0. The van der Waals surface area contributed by atoms with Crippen molar-refractivity contribution < 1.29 is 9.53 Å². The van der Waals surface area contributed by atoms with Crippen molar-refractivity contribution in [1.29, 1.82) is 0 Å². The Kier molecular flexibility index (Phi) is 6.29. The average Bonchev–Trinajstić information content (AvgIpc) is 3.23. The molecule has 0 fully saturated rings. The number of hydrogen-bond acceptors (Lipinski definition) is 6. The molecular formula is C18H22N4O2S2. The minimum atomic E-state index is 0.0161. The van der Waals surface area contributed by atoms with Gasteiger partial charge in [-0.15, -0.1) is 11.3 Å². The maximum atomic E-state index is 11.7. The van der Waals surface area contributed by atoms with Crippen molar-refractivity contribution >= 4 is 45.2 Å². The lowest BCUT2D eigenvalue weighted by Gasteiger charge is -2.14. The van der Waals surface area contributed by atoms with Crippen molar-refractivity contribution in [3.05, 3.63) is 35.3 Å². The van der Waals surface area contributed by atoms with Gasteiger partial charge in [-0.25, -0.2) is 9.97 Å². The summed E-state index contributed by atoms with van der Waals surface area (Å²) in [7, 11) is 1.71. The zero-order valence-corrected chi connectivity index (χ0v) is 16.8. The fourth-order valence-electron chi connectivity index (χ4n) is 2.68. The number of carbonyl (C=O) groups excluding carboxylic acids is 1. The minimum Gasteiger partial charge on any atom is -0.383 e. The lowest BCUT2D eigenvalue weighted by Crippen LogP contribution is -2.27. The largest absolute Gasteiger partial charge is 0.383 e. The molecule has 26 heavy (non-hydrogen) atoms. The van der Waals surface area contributed by atoms with E-state index >= 15 is 0 Å². The van der Waals surface area contributed by atoms with Crippen LogP contribution in [0.5, 0.6) is 0 Å². The highest BCUT2D eigenvalue weighted by Gasteiger charge is 2.15. The van der Waals surface area contributed by atoms with Crippen molar-refractivity contribution in [1.82, 2.24) is 14.5 Å². The summed E-state index contributed by atoms with van der Waals surface area (Å²) in [5.41, 5.74) is 3.05. The second kappa shape index (κ2) is 8.66. The Morgan fingerprint density at radius 1 is 1.35 bits per heavy atom. The molecule has 0 radical (unpaired) electrons. The molecule has 0 bridgehead atoms. The molecule has 3 aromatic rings. The van der Waals surface area contributed by atoms with E-state index in [2.05, 4.69) is 15.6 Å². The summed E-state index contributed by atoms with van der Waals surface area (Å²) in [6.45, 7) is 5.55. The number of nitrogens with zero attached hydrogens (tertiary/aromatic N) is 4. The van der Waals surface area contributed by atoms with Gasteiger partial charge in [-0.05, 0) is 19.1 Å². The topological polar surface area (TPSA) is 60.2 Å². The van der Waals surface area contributed by atoms with E-state index in [1.54, 1.807) is 30.7 Å². The van der Waals surface area contributed by atoms with E-state index in [9.17, 15) is 4.79 Å². The fourth-order valence-corrected chi connectivity index (χ4v) is 4.65. The van der Waals surface area contributed by atoms with Crippen LogP contribution < -0.4 is 4.90 Å². The van der Waals surface area contributed by atoms with E-state index in [1.165, 1.54) is 11.3 Å². The van der Waals surface area contributed by atoms with Crippen LogP contribution in [0.3, 0.4) is 0 Å². The third-order valence-corrected chi connectivity index (χ3v) is 5.88. The van der Waals surface area contributed by atoms with Gasteiger partial charge in [0.2, 0.25) is 5.91 Å². The van der Waals surface area contributed by atoms with Gasteiger partial charge < -0.3 is 9.30 Å². The normalized spacial score (nSPS) is 11.2. The molecule has 0 aliphatic heterocycles. The Hall–Kier alpha value is -1.90. The monoisotopic (exact) mass is 390 g/mol. The fraction of sp³-hybridized carbons (Fsp3) is 0.389. The molecule has 1 aromatic carbocycles. The molecule has 0 unspecified atom stereocenters. The Bertz CT molecular complexity index is 890. The van der Waals surface area contributed by atoms with Crippen LogP contribution in [0.15, 0.2) is 34.8 Å². The molecule has 0 aliphatic carbocycles. The number of anilines is 1. The van der Waals surface area contributed by atoms with E-state index in [1.807, 2.05) is 30.5 Å². The number of imidazole rings is 1. The molecule has 6 nitrogen and oxygen atoms in total. The Labute approximate surface area is 161 Å². The average molecular weight is 391 g/mol. The quantitative estimate of drug-likeness (QED) is 0.548. The maximum absolute atomic E-state index is 11.7. The van der Waals surface area contributed by atoms with Crippen LogP contribution in [0.25, 0.3) is 11.0 Å². The summed E-state index contributed by atoms with van der Waals surface area (Å²) in [6, 6.07) is 8.12. The van der Waals surface area contributed by atoms with Crippen molar-refractivity contribution in [2.24, 2.45) is 0 Å². The number of para-hydroxylation sites is 2. The number of ether oxygens (including phenoxy) is 1. The van der Waals surface area contributed by atoms with Crippen molar-refractivity contribution in [2.45, 2.75) is 31.3 Å². The molecule has 2 aromatic heterocycles. The first-order valence-corrected chi connectivity index (χ1v) is 10.3. The summed E-state index contributed by atoms with van der Waals surface area (Å²) >= 11 is 3.16. The highest BCUT2D eigenvalue weighted by Crippen LogP contribution is 2.29. The molecule has 3 rings (SSSR count). The minimum absolute atomic E-state index is 0.0161. The van der Waals surface area contributed by atoms with E-state index in [-0.39, 0.29) is 5.91 Å². The molecule has 0 N–H and O–H groups in total. The van der Waals surface area contributed by atoms with Gasteiger partial charge in [0.05, 0.1) is 23.3 Å². The first-order valence-electron chi connectivity index (χ1n) is 8.43. The number of rotatable bonds is 8. The third-order valence-electron chi connectivity index (χ3n) is 3.95. The van der Waals surface area contributed by atoms with Gasteiger partial charge in [-0.2, -0.15) is 0 Å². The molecule has 8 heteroatoms. The van der Waals surface area contributed by atoms with E-state index < -0.39 is 0 Å². The number of aromatic nitrogens is 3. The summed E-state index contributed by atoms with van der Waals surface area (Å²) in [5.74, 6) is 0.727. The molecule has 0 saturated carbocycles. The zero-order chi connectivity index (χ0) is 18.5. The number of thiazole rings is 1. The molecule has 0 aliphatic rings. The van der Waals surface area contributed by atoms with E-state index in [0.29, 0.717) is 18.9 Å². The van der Waals surface area contributed by atoms with Crippen molar-refractivity contribution in [3.8, 4) is 0 Å². The Morgan fingerprint density at radius 2 is 2.15 bits per heavy atom. The van der Waals surface area contributed by atoms with Gasteiger partial charge in [-0.3, -0.25) is 9.69 Å². The van der Waals surface area contributed by atoms with Gasteiger partial charge in [0.1, 0.15) is 0 Å². The number of methoxy groups -OCH3 is 1. The van der Waals surface area contributed by atoms with Crippen molar-refractivity contribution in [3.63, 3.8) is 0 Å². The van der Waals surface area contributed by atoms with Crippen LogP contribution in [0, 0.1) is 0 Å². The molecular weight excluding hydrogens is 368 g/mol. The highest BCUT2D eigenvalue weighted by molar-refractivity contribution is 7.98. The standard InChI is InChI=1S/C18H22N4O2S2/c1-4-21(13(2)23)17-19-14(11-25-17)12-26-18-20-15-7-5-6-8-16(15)22(18)9-10-24-3/h5-8,11H,4,9-10,12H2,1-3H3. The zero-order valence-electron chi connectivity index (χ0n) is 15.1. The molecule has 0 spiro atoms. The van der Waals surface area contributed by atoms with Gasteiger partial charge in [0.15, 0.2) is 10.3 Å².